The number of benzene rings is 2. The van der Waals surface area contributed by atoms with Crippen LogP contribution in [0.2, 0.25) is 0 Å². The molecule has 1 fully saturated rings. The Balaban J connectivity index is 1.52. The maximum Gasteiger partial charge on any atom is 0.338 e. The summed E-state index contributed by atoms with van der Waals surface area (Å²) in [6, 6.07) is 13.9. The van der Waals surface area contributed by atoms with Gasteiger partial charge in [-0.25, -0.2) is 9.18 Å². The van der Waals surface area contributed by atoms with Crippen molar-refractivity contribution in [2.24, 2.45) is 0 Å². The minimum absolute atomic E-state index is 0.112. The Kier molecular flexibility index (Phi) is 4.75. The number of pyridine rings is 1. The van der Waals surface area contributed by atoms with Gasteiger partial charge in [0.25, 0.3) is 0 Å². The molecule has 0 saturated carbocycles. The summed E-state index contributed by atoms with van der Waals surface area (Å²) in [5, 5.41) is 0.919. The molecule has 1 aliphatic heterocycles. The van der Waals surface area contributed by atoms with Gasteiger partial charge in [-0.2, -0.15) is 0 Å². The molecular weight excluding hydrogens is 343 g/mol. The number of hydrogen-bond acceptors (Lipinski definition) is 4. The summed E-state index contributed by atoms with van der Waals surface area (Å²) in [6.45, 7) is 3.37. The molecular formula is C22H21FN2O2. The lowest BCUT2D eigenvalue weighted by Crippen LogP contribution is -2.26. The lowest BCUT2D eigenvalue weighted by molar-refractivity contribution is 0.0473. The average molecular weight is 364 g/mol. The first-order chi connectivity index (χ1) is 13.1. The van der Waals surface area contributed by atoms with E-state index in [1.54, 1.807) is 18.2 Å². The van der Waals surface area contributed by atoms with E-state index in [0.29, 0.717) is 11.6 Å². The SMILES string of the molecule is C[C@@H]1CCCN1c1cnc2ccc(C(=O)OCc3ccc(F)cc3)cc2c1. The second-order valence-corrected chi connectivity index (χ2v) is 6.99. The van der Waals surface area contributed by atoms with Crippen LogP contribution < -0.4 is 4.90 Å². The summed E-state index contributed by atoms with van der Waals surface area (Å²) in [7, 11) is 0. The van der Waals surface area contributed by atoms with E-state index in [0.717, 1.165) is 28.7 Å². The van der Waals surface area contributed by atoms with Crippen LogP contribution in [0.15, 0.2) is 54.7 Å². The minimum Gasteiger partial charge on any atom is -0.457 e. The van der Waals surface area contributed by atoms with E-state index in [1.807, 2.05) is 18.3 Å². The van der Waals surface area contributed by atoms with Gasteiger partial charge in [0.2, 0.25) is 0 Å². The zero-order valence-corrected chi connectivity index (χ0v) is 15.2. The van der Waals surface area contributed by atoms with Crippen LogP contribution in [0.25, 0.3) is 10.9 Å². The molecule has 4 nitrogen and oxygen atoms in total. The van der Waals surface area contributed by atoms with E-state index >= 15 is 0 Å². The Labute approximate surface area is 157 Å². The van der Waals surface area contributed by atoms with Gasteiger partial charge in [-0.15, -0.1) is 0 Å². The van der Waals surface area contributed by atoms with Gasteiger partial charge in [0.1, 0.15) is 12.4 Å². The van der Waals surface area contributed by atoms with Crippen LogP contribution in [0, 0.1) is 5.82 Å². The van der Waals surface area contributed by atoms with Gasteiger partial charge in [-0.05, 0) is 61.7 Å². The van der Waals surface area contributed by atoms with Crippen LogP contribution in [0.4, 0.5) is 10.1 Å². The first kappa shape index (κ1) is 17.5. The number of anilines is 1. The monoisotopic (exact) mass is 364 g/mol. The second-order valence-electron chi connectivity index (χ2n) is 6.99. The van der Waals surface area contributed by atoms with Gasteiger partial charge >= 0.3 is 5.97 Å². The fourth-order valence-corrected chi connectivity index (χ4v) is 3.53. The van der Waals surface area contributed by atoms with E-state index in [1.165, 1.54) is 25.0 Å². The number of esters is 1. The predicted octanol–water partition coefficient (Wildman–Crippen LogP) is 4.72. The maximum atomic E-state index is 13.0. The highest BCUT2D eigenvalue weighted by Gasteiger charge is 2.21. The zero-order valence-electron chi connectivity index (χ0n) is 15.2. The first-order valence-corrected chi connectivity index (χ1v) is 9.18. The first-order valence-electron chi connectivity index (χ1n) is 9.18. The zero-order chi connectivity index (χ0) is 18.8. The summed E-state index contributed by atoms with van der Waals surface area (Å²) in [5.74, 6) is -0.712. The molecule has 2 heterocycles. The second kappa shape index (κ2) is 7.35. The van der Waals surface area contributed by atoms with Crippen molar-refractivity contribution in [1.82, 2.24) is 4.98 Å². The molecule has 0 unspecified atom stereocenters. The highest BCUT2D eigenvalue weighted by molar-refractivity contribution is 5.95. The Morgan fingerprint density at radius 1 is 1.22 bits per heavy atom. The van der Waals surface area contributed by atoms with Crippen molar-refractivity contribution < 1.29 is 13.9 Å². The molecule has 2 aromatic carbocycles. The largest absolute Gasteiger partial charge is 0.457 e. The molecule has 0 spiro atoms. The summed E-state index contributed by atoms with van der Waals surface area (Å²) >= 11 is 0. The van der Waals surface area contributed by atoms with Crippen LogP contribution in [-0.2, 0) is 11.3 Å². The third-order valence-electron chi connectivity index (χ3n) is 5.07. The molecule has 1 aromatic heterocycles. The number of carbonyl (C=O) groups is 1. The predicted molar refractivity (Wildman–Crippen MR) is 103 cm³/mol. The van der Waals surface area contributed by atoms with Gasteiger partial charge in [0.15, 0.2) is 0 Å². The Bertz CT molecular complexity index is 972. The minimum atomic E-state index is -0.402. The Hall–Kier alpha value is -2.95. The van der Waals surface area contributed by atoms with Crippen molar-refractivity contribution in [3.05, 3.63) is 71.7 Å². The number of nitrogens with zero attached hydrogens (tertiary/aromatic N) is 2. The fourth-order valence-electron chi connectivity index (χ4n) is 3.53. The smallest absolute Gasteiger partial charge is 0.338 e. The molecule has 3 aromatic rings. The summed E-state index contributed by atoms with van der Waals surface area (Å²) in [5.41, 5.74) is 3.17. The van der Waals surface area contributed by atoms with Gasteiger partial charge in [-0.1, -0.05) is 12.1 Å². The highest BCUT2D eigenvalue weighted by atomic mass is 19.1. The number of carbonyl (C=O) groups excluding carboxylic acids is 1. The van der Waals surface area contributed by atoms with Crippen LogP contribution in [0.5, 0.6) is 0 Å². The Morgan fingerprint density at radius 2 is 2.04 bits per heavy atom. The number of rotatable bonds is 4. The quantitative estimate of drug-likeness (QED) is 0.628. The van der Waals surface area contributed by atoms with Gasteiger partial charge < -0.3 is 9.64 Å². The van der Waals surface area contributed by atoms with E-state index < -0.39 is 5.97 Å². The third kappa shape index (κ3) is 3.77. The molecule has 0 aliphatic carbocycles. The molecule has 0 N–H and O–H groups in total. The normalized spacial score (nSPS) is 16.7. The maximum absolute atomic E-state index is 13.0. The van der Waals surface area contributed by atoms with Crippen LogP contribution >= 0.6 is 0 Å². The van der Waals surface area contributed by atoms with Crippen molar-refractivity contribution in [1.29, 1.82) is 0 Å². The molecule has 1 saturated heterocycles. The van der Waals surface area contributed by atoms with E-state index in [2.05, 4.69) is 22.9 Å². The summed E-state index contributed by atoms with van der Waals surface area (Å²) < 4.78 is 18.3. The van der Waals surface area contributed by atoms with Gasteiger partial charge in [0.05, 0.1) is 23.0 Å². The van der Waals surface area contributed by atoms with Crippen molar-refractivity contribution in [2.75, 3.05) is 11.4 Å². The van der Waals surface area contributed by atoms with Crippen molar-refractivity contribution in [3.63, 3.8) is 0 Å². The number of halogens is 1. The van der Waals surface area contributed by atoms with Crippen LogP contribution in [-0.4, -0.2) is 23.5 Å². The molecule has 27 heavy (non-hydrogen) atoms. The topological polar surface area (TPSA) is 42.4 Å². The van der Waals surface area contributed by atoms with Crippen molar-refractivity contribution in [3.8, 4) is 0 Å². The number of aromatic nitrogens is 1. The molecule has 138 valence electrons. The fraction of sp³-hybridized carbons (Fsp3) is 0.273. The third-order valence-corrected chi connectivity index (χ3v) is 5.07. The lowest BCUT2D eigenvalue weighted by Gasteiger charge is -2.23. The Morgan fingerprint density at radius 3 is 2.78 bits per heavy atom. The van der Waals surface area contributed by atoms with Crippen LogP contribution in [0.1, 0.15) is 35.7 Å². The highest BCUT2D eigenvalue weighted by Crippen LogP contribution is 2.27. The average Bonchev–Trinajstić information content (AvgIpc) is 3.12. The molecule has 0 bridgehead atoms. The number of hydrogen-bond donors (Lipinski definition) is 0. The van der Waals surface area contributed by atoms with Crippen LogP contribution in [0.3, 0.4) is 0 Å². The summed E-state index contributed by atoms with van der Waals surface area (Å²) in [6.07, 6.45) is 4.28. The molecule has 0 radical (unpaired) electrons. The van der Waals surface area contributed by atoms with Crippen molar-refractivity contribution in [2.45, 2.75) is 32.4 Å². The molecule has 0 amide bonds. The van der Waals surface area contributed by atoms with Gasteiger partial charge in [0, 0.05) is 18.0 Å². The van der Waals surface area contributed by atoms with E-state index in [-0.39, 0.29) is 12.4 Å². The molecule has 1 aliphatic rings. The van der Waals surface area contributed by atoms with E-state index in [9.17, 15) is 9.18 Å². The lowest BCUT2D eigenvalue weighted by atomic mass is 10.1. The standard InChI is InChI=1S/C22H21FN2O2/c1-15-3-2-10-25(15)20-12-18-11-17(6-9-21(18)24-13-20)22(26)27-14-16-4-7-19(23)8-5-16/h4-9,11-13,15H,2-3,10,14H2,1H3/t15-/m1/s1. The van der Waals surface area contributed by atoms with E-state index in [4.69, 9.17) is 4.74 Å². The van der Waals surface area contributed by atoms with Crippen molar-refractivity contribution >= 4 is 22.6 Å². The summed E-state index contributed by atoms with van der Waals surface area (Å²) in [4.78, 5) is 19.3. The number of ether oxygens (including phenoxy) is 1. The molecule has 1 atom stereocenters. The molecule has 5 heteroatoms. The number of fused-ring (bicyclic) bond motifs is 1. The van der Waals surface area contributed by atoms with Gasteiger partial charge in [-0.3, -0.25) is 4.98 Å². The molecule has 4 rings (SSSR count).